The molecule has 0 unspecified atom stereocenters. The fourth-order valence-corrected chi connectivity index (χ4v) is 1.50. The van der Waals surface area contributed by atoms with Gasteiger partial charge in [-0.3, -0.25) is 9.89 Å². The summed E-state index contributed by atoms with van der Waals surface area (Å²) in [7, 11) is 0. The van der Waals surface area contributed by atoms with Crippen LogP contribution in [0, 0.1) is 0 Å². The Hall–Kier alpha value is -1.56. The number of amides is 1. The van der Waals surface area contributed by atoms with Gasteiger partial charge in [0, 0.05) is 26.2 Å². The Balaban J connectivity index is 2.11. The highest BCUT2D eigenvalue weighted by Gasteiger charge is 2.20. The van der Waals surface area contributed by atoms with Crippen LogP contribution in [0.5, 0.6) is 0 Å². The number of aromatic nitrogens is 2. The summed E-state index contributed by atoms with van der Waals surface area (Å²) in [5, 5.41) is 9.46. The molecule has 1 saturated heterocycles. The zero-order chi connectivity index (χ0) is 9.97. The molecule has 6 heteroatoms. The van der Waals surface area contributed by atoms with Crippen molar-refractivity contribution in [1.29, 1.82) is 0 Å². The van der Waals surface area contributed by atoms with Crippen LogP contribution in [-0.4, -0.2) is 47.2 Å². The van der Waals surface area contributed by atoms with Crippen LogP contribution in [-0.2, 0) is 0 Å². The number of nitrogens with zero attached hydrogens (tertiary/aromatic N) is 2. The van der Waals surface area contributed by atoms with Crippen LogP contribution < -0.4 is 11.1 Å². The van der Waals surface area contributed by atoms with E-state index in [1.54, 1.807) is 4.90 Å². The number of nitrogens with two attached hydrogens (primary N) is 1. The van der Waals surface area contributed by atoms with Crippen molar-refractivity contribution < 1.29 is 4.79 Å². The number of anilines is 1. The highest BCUT2D eigenvalue weighted by molar-refractivity contribution is 5.98. The maximum atomic E-state index is 11.8. The Morgan fingerprint density at radius 3 is 2.79 bits per heavy atom. The van der Waals surface area contributed by atoms with Crippen molar-refractivity contribution in [3.63, 3.8) is 0 Å². The minimum atomic E-state index is -0.0437. The molecule has 0 saturated carbocycles. The molecule has 76 valence electrons. The average Bonchev–Trinajstić information content (AvgIpc) is 2.65. The lowest BCUT2D eigenvalue weighted by atomic mass is 10.2. The molecular weight excluding hydrogens is 182 g/mol. The number of carbonyl (C=O) groups excluding carboxylic acids is 1. The van der Waals surface area contributed by atoms with Gasteiger partial charge in [-0.2, -0.15) is 5.10 Å². The van der Waals surface area contributed by atoms with Crippen molar-refractivity contribution in [3.8, 4) is 0 Å². The van der Waals surface area contributed by atoms with E-state index in [9.17, 15) is 4.79 Å². The van der Waals surface area contributed by atoms with Gasteiger partial charge in [0.1, 0.15) is 11.4 Å². The Labute approximate surface area is 81.5 Å². The van der Waals surface area contributed by atoms with Gasteiger partial charge in [0.15, 0.2) is 0 Å². The van der Waals surface area contributed by atoms with Crippen molar-refractivity contribution in [2.75, 3.05) is 31.9 Å². The molecule has 0 atom stereocenters. The smallest absolute Gasteiger partial charge is 0.259 e. The summed E-state index contributed by atoms with van der Waals surface area (Å²) in [5.74, 6) is 0.297. The van der Waals surface area contributed by atoms with E-state index >= 15 is 0 Å². The van der Waals surface area contributed by atoms with Gasteiger partial charge >= 0.3 is 0 Å². The Bertz CT molecular complexity index is 328. The molecule has 1 aromatic rings. The summed E-state index contributed by atoms with van der Waals surface area (Å²) in [6.07, 6.45) is 1.47. The normalized spacial score (nSPS) is 17.0. The average molecular weight is 195 g/mol. The zero-order valence-electron chi connectivity index (χ0n) is 7.79. The van der Waals surface area contributed by atoms with Gasteiger partial charge in [-0.25, -0.2) is 0 Å². The van der Waals surface area contributed by atoms with Crippen LogP contribution in [0.1, 0.15) is 10.4 Å². The number of hydrogen-bond donors (Lipinski definition) is 3. The fourth-order valence-electron chi connectivity index (χ4n) is 1.50. The van der Waals surface area contributed by atoms with Crippen LogP contribution in [0.25, 0.3) is 0 Å². The first-order chi connectivity index (χ1) is 6.79. The third kappa shape index (κ3) is 1.56. The summed E-state index contributed by atoms with van der Waals surface area (Å²) in [5.41, 5.74) is 6.03. The molecule has 2 heterocycles. The highest BCUT2D eigenvalue weighted by atomic mass is 16.2. The topological polar surface area (TPSA) is 87.0 Å². The second kappa shape index (κ2) is 3.67. The van der Waals surface area contributed by atoms with Gasteiger partial charge in [0.05, 0.1) is 6.20 Å². The van der Waals surface area contributed by atoms with Crippen LogP contribution in [0.15, 0.2) is 6.20 Å². The van der Waals surface area contributed by atoms with Gasteiger partial charge in [-0.15, -0.1) is 0 Å². The number of carbonyl (C=O) groups is 1. The molecule has 2 rings (SSSR count). The Kier molecular flexibility index (Phi) is 2.36. The van der Waals surface area contributed by atoms with Crippen molar-refractivity contribution >= 4 is 11.7 Å². The summed E-state index contributed by atoms with van der Waals surface area (Å²) in [6, 6.07) is 0. The van der Waals surface area contributed by atoms with E-state index in [0.717, 1.165) is 26.2 Å². The van der Waals surface area contributed by atoms with Crippen LogP contribution in [0.4, 0.5) is 5.82 Å². The van der Waals surface area contributed by atoms with Crippen molar-refractivity contribution in [1.82, 2.24) is 20.4 Å². The molecule has 1 aliphatic heterocycles. The van der Waals surface area contributed by atoms with E-state index in [4.69, 9.17) is 5.73 Å². The van der Waals surface area contributed by atoms with E-state index in [1.807, 2.05) is 0 Å². The molecule has 0 aromatic carbocycles. The largest absolute Gasteiger partial charge is 0.383 e. The van der Waals surface area contributed by atoms with E-state index in [-0.39, 0.29) is 5.91 Å². The summed E-state index contributed by atoms with van der Waals surface area (Å²) < 4.78 is 0. The molecule has 4 N–H and O–H groups in total. The number of hydrogen-bond acceptors (Lipinski definition) is 4. The quantitative estimate of drug-likeness (QED) is 0.538. The number of piperazine rings is 1. The Morgan fingerprint density at radius 2 is 2.21 bits per heavy atom. The minimum absolute atomic E-state index is 0.0437. The van der Waals surface area contributed by atoms with Gasteiger partial charge in [-0.05, 0) is 0 Å². The first-order valence-corrected chi connectivity index (χ1v) is 4.58. The van der Waals surface area contributed by atoms with E-state index in [0.29, 0.717) is 11.4 Å². The highest BCUT2D eigenvalue weighted by Crippen LogP contribution is 2.10. The molecule has 0 aliphatic carbocycles. The predicted octanol–water partition coefficient (Wildman–Crippen LogP) is -0.963. The molecule has 0 bridgehead atoms. The summed E-state index contributed by atoms with van der Waals surface area (Å²) >= 11 is 0. The van der Waals surface area contributed by atoms with Gasteiger partial charge in [-0.1, -0.05) is 0 Å². The molecule has 0 spiro atoms. The number of H-pyrrole nitrogens is 1. The van der Waals surface area contributed by atoms with Crippen LogP contribution in [0.2, 0.25) is 0 Å². The first kappa shape index (κ1) is 9.01. The molecule has 1 aromatic heterocycles. The zero-order valence-corrected chi connectivity index (χ0v) is 7.79. The molecule has 1 aliphatic rings. The third-order valence-electron chi connectivity index (χ3n) is 2.30. The predicted molar refractivity (Wildman–Crippen MR) is 51.8 cm³/mol. The van der Waals surface area contributed by atoms with Crippen molar-refractivity contribution in [2.45, 2.75) is 0 Å². The second-order valence-electron chi connectivity index (χ2n) is 3.24. The Morgan fingerprint density at radius 1 is 1.50 bits per heavy atom. The maximum Gasteiger partial charge on any atom is 0.259 e. The monoisotopic (exact) mass is 195 g/mol. The number of nitrogen functional groups attached to an aromatic ring is 1. The number of aromatic amines is 1. The molecule has 1 fully saturated rings. The molecule has 14 heavy (non-hydrogen) atoms. The lowest BCUT2D eigenvalue weighted by molar-refractivity contribution is 0.0737. The van der Waals surface area contributed by atoms with Crippen molar-refractivity contribution in [3.05, 3.63) is 11.8 Å². The standard InChI is InChI=1S/C8H13N5O/c9-7-6(5-11-12-7)8(14)13-3-1-10-2-4-13/h5,10H,1-4H2,(H3,9,11,12). The van der Waals surface area contributed by atoms with E-state index in [2.05, 4.69) is 15.5 Å². The molecule has 6 nitrogen and oxygen atoms in total. The fraction of sp³-hybridized carbons (Fsp3) is 0.500. The van der Waals surface area contributed by atoms with Crippen molar-refractivity contribution in [2.24, 2.45) is 0 Å². The SMILES string of the molecule is Nc1[nH]ncc1C(=O)N1CCNCC1. The second-order valence-corrected chi connectivity index (χ2v) is 3.24. The first-order valence-electron chi connectivity index (χ1n) is 4.58. The van der Waals surface area contributed by atoms with E-state index in [1.165, 1.54) is 6.20 Å². The third-order valence-corrected chi connectivity index (χ3v) is 2.30. The van der Waals surface area contributed by atoms with Gasteiger partial charge in [0.2, 0.25) is 0 Å². The minimum Gasteiger partial charge on any atom is -0.383 e. The van der Waals surface area contributed by atoms with Crippen LogP contribution in [0.3, 0.4) is 0 Å². The lowest BCUT2D eigenvalue weighted by Gasteiger charge is -2.27. The maximum absolute atomic E-state index is 11.8. The van der Waals surface area contributed by atoms with Gasteiger partial charge < -0.3 is 16.0 Å². The molecule has 1 amide bonds. The summed E-state index contributed by atoms with van der Waals surface area (Å²) in [6.45, 7) is 3.12. The van der Waals surface area contributed by atoms with Gasteiger partial charge in [0.25, 0.3) is 5.91 Å². The molecule has 0 radical (unpaired) electrons. The number of rotatable bonds is 1. The lowest BCUT2D eigenvalue weighted by Crippen LogP contribution is -2.46. The van der Waals surface area contributed by atoms with E-state index < -0.39 is 0 Å². The number of nitrogens with one attached hydrogen (secondary N) is 2. The van der Waals surface area contributed by atoms with Crippen LogP contribution >= 0.6 is 0 Å². The molecular formula is C8H13N5O. The summed E-state index contributed by atoms with van der Waals surface area (Å²) in [4.78, 5) is 13.6.